The minimum atomic E-state index is -1.23. The quantitative estimate of drug-likeness (QED) is 0.367. The Morgan fingerprint density at radius 2 is 1.94 bits per heavy atom. The molecule has 170 valence electrons. The summed E-state index contributed by atoms with van der Waals surface area (Å²) >= 11 is 6.39. The Morgan fingerprint density at radius 1 is 1.23 bits per heavy atom. The monoisotopic (exact) mass is 452 g/mol. The van der Waals surface area contributed by atoms with E-state index >= 15 is 0 Å². The zero-order chi connectivity index (χ0) is 23.0. The van der Waals surface area contributed by atoms with Crippen LogP contribution in [0, 0.1) is 0 Å². The van der Waals surface area contributed by atoms with Gasteiger partial charge in [0.15, 0.2) is 5.78 Å². The van der Waals surface area contributed by atoms with E-state index in [1.54, 1.807) is 24.3 Å². The highest BCUT2D eigenvalue weighted by atomic mass is 35.5. The minimum Gasteiger partial charge on any atom is -0.425 e. The summed E-state index contributed by atoms with van der Waals surface area (Å²) in [6.07, 6.45) is 0.830. The molecule has 31 heavy (non-hydrogen) atoms. The molecule has 0 spiro atoms. The lowest BCUT2D eigenvalue weighted by Crippen LogP contribution is -2.54. The molecule has 1 aromatic carbocycles. The van der Waals surface area contributed by atoms with Gasteiger partial charge in [-0.15, -0.1) is 0 Å². The van der Waals surface area contributed by atoms with Crippen molar-refractivity contribution < 1.29 is 28.7 Å². The number of amides is 2. The molecule has 1 aromatic rings. The molecular weight excluding hydrogens is 424 g/mol. The topological polar surface area (TPSA) is 102 Å². The van der Waals surface area contributed by atoms with Gasteiger partial charge in [0, 0.05) is 50.9 Å². The number of nitrogens with one attached hydrogen (secondary N) is 1. The third-order valence-corrected chi connectivity index (χ3v) is 5.64. The van der Waals surface area contributed by atoms with Crippen LogP contribution in [-0.2, 0) is 29.4 Å². The summed E-state index contributed by atoms with van der Waals surface area (Å²) in [6.45, 7) is 3.18. The first-order chi connectivity index (χ1) is 14.7. The normalized spacial score (nSPS) is 19.3. The van der Waals surface area contributed by atoms with Crippen LogP contribution in [0.5, 0.6) is 0 Å². The van der Waals surface area contributed by atoms with Crippen LogP contribution in [0.1, 0.15) is 57.9 Å². The van der Waals surface area contributed by atoms with Gasteiger partial charge in [-0.25, -0.2) is 4.79 Å². The zero-order valence-electron chi connectivity index (χ0n) is 18.1. The van der Waals surface area contributed by atoms with Crippen molar-refractivity contribution in [3.8, 4) is 0 Å². The summed E-state index contributed by atoms with van der Waals surface area (Å²) in [7, 11) is 1.50. The van der Waals surface area contributed by atoms with E-state index < -0.39 is 23.9 Å². The van der Waals surface area contributed by atoms with E-state index in [2.05, 4.69) is 5.32 Å². The number of likely N-dealkylation sites (N-methyl/N-ethyl adjacent to an activating group) is 1. The van der Waals surface area contributed by atoms with Crippen LogP contribution in [0.4, 0.5) is 4.79 Å². The number of hydrogen-bond donors (Lipinski definition) is 1. The number of ketones is 1. The molecule has 2 rings (SSSR count). The molecule has 0 radical (unpaired) electrons. The summed E-state index contributed by atoms with van der Waals surface area (Å²) in [5.74, 6) is -0.833. The Bertz CT molecular complexity index is 830. The van der Waals surface area contributed by atoms with Gasteiger partial charge in [-0.3, -0.25) is 19.3 Å². The Hall–Kier alpha value is -2.61. The summed E-state index contributed by atoms with van der Waals surface area (Å²) in [6, 6.07) is 6.97. The van der Waals surface area contributed by atoms with E-state index in [9.17, 15) is 19.2 Å². The van der Waals surface area contributed by atoms with E-state index in [-0.39, 0.29) is 18.1 Å². The van der Waals surface area contributed by atoms with Crippen molar-refractivity contribution in [3.05, 3.63) is 34.9 Å². The maximum atomic E-state index is 13.0. The molecule has 0 aliphatic heterocycles. The van der Waals surface area contributed by atoms with Gasteiger partial charge in [-0.2, -0.15) is 0 Å². The van der Waals surface area contributed by atoms with Crippen LogP contribution in [0.2, 0.25) is 5.02 Å². The van der Waals surface area contributed by atoms with E-state index in [0.717, 1.165) is 12.8 Å². The lowest BCUT2D eigenvalue weighted by atomic mass is 9.74. The van der Waals surface area contributed by atoms with Crippen LogP contribution >= 0.6 is 11.6 Å². The molecule has 1 saturated carbocycles. The number of ether oxygens (including phenoxy) is 2. The number of Topliss-reactive ketones (excluding diaryl/α,β-unsaturated/α-hetero) is 1. The predicted molar refractivity (Wildman–Crippen MR) is 114 cm³/mol. The third-order valence-electron chi connectivity index (χ3n) is 5.32. The molecular formula is C22H29ClN2O6. The summed E-state index contributed by atoms with van der Waals surface area (Å²) < 4.78 is 10.4. The van der Waals surface area contributed by atoms with Crippen molar-refractivity contribution in [1.29, 1.82) is 0 Å². The highest BCUT2D eigenvalue weighted by Crippen LogP contribution is 2.42. The zero-order valence-corrected chi connectivity index (χ0v) is 18.9. The first-order valence-corrected chi connectivity index (χ1v) is 10.7. The van der Waals surface area contributed by atoms with Gasteiger partial charge in [0.25, 0.3) is 0 Å². The number of carbonyl (C=O) groups is 4. The molecule has 8 nitrogen and oxygen atoms in total. The van der Waals surface area contributed by atoms with Gasteiger partial charge in [-0.1, -0.05) is 29.8 Å². The largest absolute Gasteiger partial charge is 0.425 e. The fraction of sp³-hybridized carbons (Fsp3) is 0.545. The molecule has 0 bridgehead atoms. The number of rotatable bonds is 8. The lowest BCUT2D eigenvalue weighted by molar-refractivity contribution is -0.167. The Morgan fingerprint density at radius 3 is 2.58 bits per heavy atom. The SMILES string of the molecule is CC(=O)NCCCC(=O)OC(C)OC(=O)N(C)[C@]1(c2ccccc2Cl)CCCCC1=O. The highest BCUT2D eigenvalue weighted by molar-refractivity contribution is 6.31. The van der Waals surface area contributed by atoms with Gasteiger partial charge in [0.05, 0.1) is 0 Å². The Kier molecular flexibility index (Phi) is 8.86. The molecule has 1 unspecified atom stereocenters. The minimum absolute atomic E-state index is 0.0695. The molecule has 0 heterocycles. The molecule has 1 N–H and O–H groups in total. The number of esters is 1. The number of carbonyl (C=O) groups excluding carboxylic acids is 4. The number of hydrogen-bond acceptors (Lipinski definition) is 6. The van der Waals surface area contributed by atoms with Crippen LogP contribution in [0.15, 0.2) is 24.3 Å². The van der Waals surface area contributed by atoms with Crippen molar-refractivity contribution >= 4 is 35.4 Å². The second-order valence-electron chi connectivity index (χ2n) is 7.56. The summed E-state index contributed by atoms with van der Waals surface area (Å²) in [4.78, 5) is 49.9. The number of benzene rings is 1. The van der Waals surface area contributed by atoms with E-state index in [0.29, 0.717) is 36.4 Å². The number of halogens is 1. The molecule has 0 saturated heterocycles. The molecule has 1 fully saturated rings. The van der Waals surface area contributed by atoms with E-state index in [1.807, 2.05) is 0 Å². The highest BCUT2D eigenvalue weighted by Gasteiger charge is 2.48. The van der Waals surface area contributed by atoms with Crippen molar-refractivity contribution in [1.82, 2.24) is 10.2 Å². The smallest absolute Gasteiger partial charge is 0.413 e. The van der Waals surface area contributed by atoms with Gasteiger partial charge < -0.3 is 14.8 Å². The fourth-order valence-electron chi connectivity index (χ4n) is 3.77. The third kappa shape index (κ3) is 6.19. The number of nitrogens with zero attached hydrogens (tertiary/aromatic N) is 1. The predicted octanol–water partition coefficient (Wildman–Crippen LogP) is 3.55. The van der Waals surface area contributed by atoms with Gasteiger partial charge >= 0.3 is 12.1 Å². The summed E-state index contributed by atoms with van der Waals surface area (Å²) in [5, 5.41) is 2.98. The first kappa shape index (κ1) is 24.7. The maximum absolute atomic E-state index is 13.0. The first-order valence-electron chi connectivity index (χ1n) is 10.3. The fourth-order valence-corrected chi connectivity index (χ4v) is 4.06. The Labute approximate surface area is 187 Å². The Balaban J connectivity index is 2.05. The van der Waals surface area contributed by atoms with Gasteiger partial charge in [0.2, 0.25) is 12.2 Å². The maximum Gasteiger partial charge on any atom is 0.413 e. The second-order valence-corrected chi connectivity index (χ2v) is 7.96. The average molecular weight is 453 g/mol. The lowest BCUT2D eigenvalue weighted by Gasteiger charge is -2.43. The van der Waals surface area contributed by atoms with Crippen molar-refractivity contribution in [2.24, 2.45) is 0 Å². The molecule has 1 aliphatic carbocycles. The molecule has 2 atom stereocenters. The second kappa shape index (κ2) is 11.1. The molecule has 2 amide bonds. The molecule has 9 heteroatoms. The molecule has 0 aromatic heterocycles. The van der Waals surface area contributed by atoms with Crippen LogP contribution < -0.4 is 5.32 Å². The van der Waals surface area contributed by atoms with Gasteiger partial charge in [-0.05, 0) is 31.7 Å². The van der Waals surface area contributed by atoms with Crippen molar-refractivity contribution in [2.75, 3.05) is 13.6 Å². The van der Waals surface area contributed by atoms with E-state index in [1.165, 1.54) is 25.8 Å². The van der Waals surface area contributed by atoms with Crippen LogP contribution in [0.25, 0.3) is 0 Å². The van der Waals surface area contributed by atoms with Crippen molar-refractivity contribution in [3.63, 3.8) is 0 Å². The standard InChI is InChI=1S/C22H29ClN2O6/c1-15(26)24-14-8-12-20(28)30-16(2)31-21(29)25(3)22(13-7-6-11-19(22)27)17-9-4-5-10-18(17)23/h4-5,9-10,16H,6-8,11-14H2,1-3H3,(H,24,26)/t16?,22-/m0/s1. The molecule has 1 aliphatic rings. The van der Waals surface area contributed by atoms with Gasteiger partial charge in [0.1, 0.15) is 5.54 Å². The van der Waals surface area contributed by atoms with Crippen molar-refractivity contribution in [2.45, 2.75) is 64.2 Å². The average Bonchev–Trinajstić information content (AvgIpc) is 2.71. The van der Waals surface area contributed by atoms with Crippen LogP contribution in [0.3, 0.4) is 0 Å². The van der Waals surface area contributed by atoms with E-state index in [4.69, 9.17) is 21.1 Å². The van der Waals surface area contributed by atoms with Crippen LogP contribution in [-0.4, -0.2) is 48.5 Å². The summed E-state index contributed by atoms with van der Waals surface area (Å²) in [5.41, 5.74) is -0.668.